The molecule has 1 N–H and O–H groups in total. The summed E-state index contributed by atoms with van der Waals surface area (Å²) >= 11 is 0. The second-order valence-corrected chi connectivity index (χ2v) is 2.79. The number of hydrogen-bond donors (Lipinski definition) is 1. The summed E-state index contributed by atoms with van der Waals surface area (Å²) in [6.07, 6.45) is 2.72. The maximum Gasteiger partial charge on any atom is 0.269 e. The van der Waals surface area contributed by atoms with Gasteiger partial charge < -0.3 is 0 Å². The quantitative estimate of drug-likeness (QED) is 0.547. The van der Waals surface area contributed by atoms with Gasteiger partial charge in [0.2, 0.25) is 0 Å². The molecule has 0 aromatic heterocycles. The second kappa shape index (κ2) is 2.84. The Morgan fingerprint density at radius 3 is 2.33 bits per heavy atom. The Bertz CT molecular complexity index is 230. The Labute approximate surface area is 59.1 Å². The van der Waals surface area contributed by atoms with E-state index in [-0.39, 0.29) is 12.4 Å². The number of rotatable bonds is 0. The standard InChI is InChI=1S/C3H4N2O2S.ClH/c6-8(7)3-1-2-4-5-8;/h1-3,5H;1H. The van der Waals surface area contributed by atoms with Gasteiger partial charge in [-0.25, -0.2) is 13.2 Å². The van der Waals surface area contributed by atoms with Gasteiger partial charge in [0, 0.05) is 6.21 Å². The first kappa shape index (κ1) is 8.45. The molecule has 1 heterocycles. The van der Waals surface area contributed by atoms with Gasteiger partial charge in [0.15, 0.2) is 0 Å². The molecule has 0 amide bonds. The highest BCUT2D eigenvalue weighted by atomic mass is 35.5. The maximum atomic E-state index is 10.3. The predicted octanol–water partition coefficient (Wildman–Crippen LogP) is -0.159. The van der Waals surface area contributed by atoms with E-state index in [4.69, 9.17) is 0 Å². The number of nitrogens with zero attached hydrogens (tertiary/aromatic N) is 1. The molecule has 0 spiro atoms. The fraction of sp³-hybridized carbons (Fsp3) is 0. The summed E-state index contributed by atoms with van der Waals surface area (Å²) in [7, 11) is -3.21. The number of hydrazone groups is 1. The van der Waals surface area contributed by atoms with E-state index in [9.17, 15) is 8.42 Å². The summed E-state index contributed by atoms with van der Waals surface area (Å²) in [6.45, 7) is 0. The molecule has 0 aromatic rings. The van der Waals surface area contributed by atoms with Crippen molar-refractivity contribution >= 4 is 28.6 Å². The van der Waals surface area contributed by atoms with Crippen LogP contribution >= 0.6 is 12.4 Å². The third kappa shape index (κ3) is 2.48. The average molecular weight is 169 g/mol. The normalized spacial score (nSPS) is 20.0. The minimum atomic E-state index is -3.21. The summed E-state index contributed by atoms with van der Waals surface area (Å²) in [5, 5.41) is 4.32. The number of halogens is 1. The van der Waals surface area contributed by atoms with E-state index in [1.807, 2.05) is 4.83 Å². The highest BCUT2D eigenvalue weighted by molar-refractivity contribution is 7.92. The van der Waals surface area contributed by atoms with Crippen LogP contribution in [0, 0.1) is 0 Å². The molecule has 1 aliphatic heterocycles. The lowest BCUT2D eigenvalue weighted by molar-refractivity contribution is 0.593. The SMILES string of the molecule is Cl.O=S1(=O)C=CC=NN1. The first-order chi connectivity index (χ1) is 3.71. The molecule has 0 radical (unpaired) electrons. The summed E-state index contributed by atoms with van der Waals surface area (Å²) in [6, 6.07) is 0. The molecule has 52 valence electrons. The summed E-state index contributed by atoms with van der Waals surface area (Å²) in [5.74, 6) is 0. The van der Waals surface area contributed by atoms with Gasteiger partial charge >= 0.3 is 0 Å². The number of nitrogens with one attached hydrogen (secondary N) is 1. The molecule has 0 aliphatic carbocycles. The molecule has 0 unspecified atom stereocenters. The van der Waals surface area contributed by atoms with Gasteiger partial charge in [-0.15, -0.1) is 12.4 Å². The third-order valence-corrected chi connectivity index (χ3v) is 1.47. The Hall–Kier alpha value is -0.550. The largest absolute Gasteiger partial charge is 0.269 e. The van der Waals surface area contributed by atoms with E-state index in [2.05, 4.69) is 5.10 Å². The average Bonchev–Trinajstić information content (AvgIpc) is 1.65. The van der Waals surface area contributed by atoms with E-state index < -0.39 is 10.0 Å². The van der Waals surface area contributed by atoms with Crippen LogP contribution in [0.5, 0.6) is 0 Å². The smallest absolute Gasteiger partial charge is 0.201 e. The number of sulfonamides is 1. The van der Waals surface area contributed by atoms with Crippen LogP contribution in [0.3, 0.4) is 0 Å². The van der Waals surface area contributed by atoms with E-state index in [1.165, 1.54) is 12.3 Å². The van der Waals surface area contributed by atoms with Gasteiger partial charge in [0.05, 0.1) is 5.41 Å². The fourth-order valence-corrected chi connectivity index (χ4v) is 0.862. The molecule has 0 saturated carbocycles. The van der Waals surface area contributed by atoms with Crippen LogP contribution in [-0.2, 0) is 10.0 Å². The first-order valence-electron chi connectivity index (χ1n) is 1.92. The molecule has 6 heteroatoms. The second-order valence-electron chi connectivity index (χ2n) is 1.24. The van der Waals surface area contributed by atoms with E-state index in [0.717, 1.165) is 5.41 Å². The zero-order valence-electron chi connectivity index (χ0n) is 4.31. The molecule has 0 atom stereocenters. The lowest BCUT2D eigenvalue weighted by Crippen LogP contribution is -2.16. The Balaban J connectivity index is 0.000000640. The lowest BCUT2D eigenvalue weighted by atomic mass is 10.7. The van der Waals surface area contributed by atoms with Crippen molar-refractivity contribution in [3.8, 4) is 0 Å². The van der Waals surface area contributed by atoms with Crippen LogP contribution in [0.1, 0.15) is 0 Å². The van der Waals surface area contributed by atoms with Crippen LogP contribution in [0.4, 0.5) is 0 Å². The molecule has 0 fully saturated rings. The number of hydrogen-bond acceptors (Lipinski definition) is 3. The van der Waals surface area contributed by atoms with Crippen LogP contribution in [0.25, 0.3) is 0 Å². The van der Waals surface area contributed by atoms with Gasteiger partial charge in [0.25, 0.3) is 10.0 Å². The van der Waals surface area contributed by atoms with E-state index in [0.29, 0.717) is 0 Å². The molecule has 0 saturated heterocycles. The molecule has 4 nitrogen and oxygen atoms in total. The van der Waals surface area contributed by atoms with Crippen molar-refractivity contribution in [2.75, 3.05) is 0 Å². The molecular formula is C3H5ClN2O2S. The Morgan fingerprint density at radius 1 is 1.44 bits per heavy atom. The van der Waals surface area contributed by atoms with Gasteiger partial charge in [0.1, 0.15) is 0 Å². The van der Waals surface area contributed by atoms with Crippen molar-refractivity contribution in [2.45, 2.75) is 0 Å². The van der Waals surface area contributed by atoms with Crippen molar-refractivity contribution < 1.29 is 8.42 Å². The molecule has 1 rings (SSSR count). The first-order valence-corrected chi connectivity index (χ1v) is 3.47. The van der Waals surface area contributed by atoms with Gasteiger partial charge in [-0.1, -0.05) is 0 Å². The van der Waals surface area contributed by atoms with Gasteiger partial charge in [-0.3, -0.25) is 0 Å². The van der Waals surface area contributed by atoms with E-state index >= 15 is 0 Å². The Kier molecular flexibility index (Phi) is 2.66. The van der Waals surface area contributed by atoms with Crippen LogP contribution in [0.2, 0.25) is 0 Å². The van der Waals surface area contributed by atoms with Gasteiger partial charge in [-0.05, 0) is 6.08 Å². The van der Waals surface area contributed by atoms with Crippen molar-refractivity contribution in [3.63, 3.8) is 0 Å². The van der Waals surface area contributed by atoms with Crippen LogP contribution in [0.15, 0.2) is 16.6 Å². The zero-order chi connectivity index (χ0) is 6.04. The fourth-order valence-electron chi connectivity index (χ4n) is 0.316. The molecule has 0 aromatic carbocycles. The topological polar surface area (TPSA) is 58.5 Å². The van der Waals surface area contributed by atoms with Crippen LogP contribution in [-0.4, -0.2) is 14.6 Å². The third-order valence-electron chi connectivity index (χ3n) is 0.598. The summed E-state index contributed by atoms with van der Waals surface area (Å²) in [5.41, 5.74) is 0. The minimum absolute atomic E-state index is 0. The molecule has 9 heavy (non-hydrogen) atoms. The highest BCUT2D eigenvalue weighted by Crippen LogP contribution is 1.88. The minimum Gasteiger partial charge on any atom is -0.201 e. The van der Waals surface area contributed by atoms with Gasteiger partial charge in [-0.2, -0.15) is 5.10 Å². The molecular weight excluding hydrogens is 164 g/mol. The van der Waals surface area contributed by atoms with Crippen molar-refractivity contribution in [3.05, 3.63) is 11.5 Å². The summed E-state index contributed by atoms with van der Waals surface area (Å²) < 4.78 is 20.7. The van der Waals surface area contributed by atoms with Crippen molar-refractivity contribution in [1.82, 2.24) is 4.83 Å². The van der Waals surface area contributed by atoms with Crippen LogP contribution < -0.4 is 4.83 Å². The van der Waals surface area contributed by atoms with E-state index in [1.54, 1.807) is 0 Å². The zero-order valence-corrected chi connectivity index (χ0v) is 5.95. The number of allylic oxidation sites excluding steroid dienone is 1. The highest BCUT2D eigenvalue weighted by Gasteiger charge is 2.01. The van der Waals surface area contributed by atoms with Crippen molar-refractivity contribution in [1.29, 1.82) is 0 Å². The lowest BCUT2D eigenvalue weighted by Gasteiger charge is -1.97. The predicted molar refractivity (Wildman–Crippen MR) is 36.9 cm³/mol. The molecule has 0 bridgehead atoms. The monoisotopic (exact) mass is 168 g/mol. The van der Waals surface area contributed by atoms with Crippen molar-refractivity contribution in [2.24, 2.45) is 5.10 Å². The Morgan fingerprint density at radius 2 is 2.11 bits per heavy atom. The molecule has 1 aliphatic rings. The maximum absolute atomic E-state index is 10.3. The summed E-state index contributed by atoms with van der Waals surface area (Å²) in [4.78, 5) is 1.91.